The molecule has 1 heterocycles. The van der Waals surface area contributed by atoms with Crippen LogP contribution in [0.15, 0.2) is 18.2 Å². The topological polar surface area (TPSA) is 69.6 Å². The number of aliphatic carboxylic acids is 1. The fourth-order valence-corrected chi connectivity index (χ4v) is 2.77. The molecular weight excluding hydrogens is 315 g/mol. The minimum absolute atomic E-state index is 0.277. The average molecular weight is 331 g/mol. The number of urea groups is 1. The summed E-state index contributed by atoms with van der Waals surface area (Å²) >= 11 is 11.8. The van der Waals surface area contributed by atoms with Crippen molar-refractivity contribution in [1.29, 1.82) is 0 Å². The lowest BCUT2D eigenvalue weighted by Gasteiger charge is -2.36. The van der Waals surface area contributed by atoms with Gasteiger partial charge in [0.05, 0.1) is 5.41 Å². The Hall–Kier alpha value is -1.46. The molecule has 2 N–H and O–H groups in total. The van der Waals surface area contributed by atoms with E-state index in [0.717, 1.165) is 0 Å². The molecule has 1 aromatic carbocycles. The fraction of sp³-hybridized carbons (Fsp3) is 0.429. The van der Waals surface area contributed by atoms with Gasteiger partial charge in [0, 0.05) is 28.8 Å². The number of carboxylic acid groups (broad SMARTS) is 1. The Morgan fingerprint density at radius 3 is 2.19 bits per heavy atom. The van der Waals surface area contributed by atoms with E-state index >= 15 is 0 Å². The van der Waals surface area contributed by atoms with E-state index in [1.165, 1.54) is 0 Å². The number of carboxylic acids is 1. The Morgan fingerprint density at radius 1 is 1.19 bits per heavy atom. The predicted molar refractivity (Wildman–Crippen MR) is 82.0 cm³/mol. The maximum absolute atomic E-state index is 12.2. The molecule has 1 aliphatic heterocycles. The maximum Gasteiger partial charge on any atom is 0.321 e. The lowest BCUT2D eigenvalue weighted by molar-refractivity contribution is -0.150. The zero-order valence-corrected chi connectivity index (χ0v) is 13.0. The van der Waals surface area contributed by atoms with Crippen molar-refractivity contribution in [1.82, 2.24) is 4.90 Å². The Labute approximate surface area is 132 Å². The number of amides is 2. The predicted octanol–water partition coefficient (Wildman–Crippen LogP) is 3.71. The third kappa shape index (κ3) is 3.80. The van der Waals surface area contributed by atoms with Crippen LogP contribution in [0.2, 0.25) is 10.0 Å². The SMILES string of the molecule is CC1(C(=O)O)CCN(C(=O)Nc2cc(Cl)cc(Cl)c2)CC1. The van der Waals surface area contributed by atoms with Crippen LogP contribution < -0.4 is 5.32 Å². The van der Waals surface area contributed by atoms with E-state index in [2.05, 4.69) is 5.32 Å². The highest BCUT2D eigenvalue weighted by Crippen LogP contribution is 2.31. The lowest BCUT2D eigenvalue weighted by Crippen LogP contribution is -2.46. The van der Waals surface area contributed by atoms with E-state index in [4.69, 9.17) is 23.2 Å². The summed E-state index contributed by atoms with van der Waals surface area (Å²) in [6, 6.07) is 4.52. The summed E-state index contributed by atoms with van der Waals surface area (Å²) in [6.45, 7) is 2.52. The quantitative estimate of drug-likeness (QED) is 0.868. The van der Waals surface area contributed by atoms with Crippen LogP contribution in [0.4, 0.5) is 10.5 Å². The summed E-state index contributed by atoms with van der Waals surface area (Å²) in [6.07, 6.45) is 0.873. The first kappa shape index (κ1) is 15.9. The van der Waals surface area contributed by atoms with Crippen molar-refractivity contribution < 1.29 is 14.7 Å². The van der Waals surface area contributed by atoms with E-state index in [1.807, 2.05) is 0 Å². The van der Waals surface area contributed by atoms with Crippen LogP contribution in [0.3, 0.4) is 0 Å². The minimum atomic E-state index is -0.816. The van der Waals surface area contributed by atoms with Crippen LogP contribution in [0.1, 0.15) is 19.8 Å². The van der Waals surface area contributed by atoms with Crippen molar-refractivity contribution in [3.8, 4) is 0 Å². The number of hydrogen-bond donors (Lipinski definition) is 2. The third-order valence-electron chi connectivity index (χ3n) is 3.78. The number of nitrogens with zero attached hydrogens (tertiary/aromatic N) is 1. The number of rotatable bonds is 2. The lowest BCUT2D eigenvalue weighted by atomic mass is 9.80. The van der Waals surface area contributed by atoms with Crippen molar-refractivity contribution in [3.63, 3.8) is 0 Å². The molecule has 0 unspecified atom stereocenters. The Bertz CT molecular complexity index is 549. The molecule has 1 saturated heterocycles. The van der Waals surface area contributed by atoms with Gasteiger partial charge in [0.2, 0.25) is 0 Å². The maximum atomic E-state index is 12.2. The summed E-state index contributed by atoms with van der Waals surface area (Å²) in [5, 5.41) is 12.8. The van der Waals surface area contributed by atoms with Crippen LogP contribution in [0.5, 0.6) is 0 Å². The summed E-state index contributed by atoms with van der Waals surface area (Å²) in [7, 11) is 0. The van der Waals surface area contributed by atoms with Gasteiger partial charge in [-0.25, -0.2) is 4.79 Å². The van der Waals surface area contributed by atoms with Crippen molar-refractivity contribution in [2.45, 2.75) is 19.8 Å². The van der Waals surface area contributed by atoms with E-state index in [1.54, 1.807) is 30.0 Å². The molecule has 0 aliphatic carbocycles. The van der Waals surface area contributed by atoms with Crippen molar-refractivity contribution in [3.05, 3.63) is 28.2 Å². The van der Waals surface area contributed by atoms with Gasteiger partial charge in [0.1, 0.15) is 0 Å². The van der Waals surface area contributed by atoms with Crippen LogP contribution >= 0.6 is 23.2 Å². The summed E-state index contributed by atoms with van der Waals surface area (Å²) < 4.78 is 0. The van der Waals surface area contributed by atoms with Gasteiger partial charge >= 0.3 is 12.0 Å². The Morgan fingerprint density at radius 2 is 1.71 bits per heavy atom. The molecule has 5 nitrogen and oxygen atoms in total. The van der Waals surface area contributed by atoms with Gasteiger partial charge in [-0.05, 0) is 38.0 Å². The molecule has 2 amide bonds. The first-order chi connectivity index (χ1) is 9.80. The second-order valence-corrected chi connectivity index (χ2v) is 6.31. The number of benzene rings is 1. The minimum Gasteiger partial charge on any atom is -0.481 e. The first-order valence-electron chi connectivity index (χ1n) is 6.56. The summed E-state index contributed by atoms with van der Waals surface area (Å²) in [5.74, 6) is -0.816. The second-order valence-electron chi connectivity index (χ2n) is 5.44. The number of halogens is 2. The van der Waals surface area contributed by atoms with Gasteiger partial charge < -0.3 is 15.3 Å². The van der Waals surface area contributed by atoms with Crippen LogP contribution in [-0.2, 0) is 4.79 Å². The number of hydrogen-bond acceptors (Lipinski definition) is 2. The third-order valence-corrected chi connectivity index (χ3v) is 4.22. The highest BCUT2D eigenvalue weighted by atomic mass is 35.5. The summed E-state index contributed by atoms with van der Waals surface area (Å²) in [4.78, 5) is 24.9. The zero-order chi connectivity index (χ0) is 15.6. The molecule has 0 atom stereocenters. The zero-order valence-electron chi connectivity index (χ0n) is 11.5. The van der Waals surface area contributed by atoms with E-state index in [0.29, 0.717) is 41.7 Å². The van der Waals surface area contributed by atoms with Gasteiger partial charge in [0.25, 0.3) is 0 Å². The van der Waals surface area contributed by atoms with Gasteiger partial charge in [-0.2, -0.15) is 0 Å². The van der Waals surface area contributed by atoms with E-state index in [-0.39, 0.29) is 6.03 Å². The highest BCUT2D eigenvalue weighted by molar-refractivity contribution is 6.35. The number of carbonyl (C=O) groups excluding carboxylic acids is 1. The number of piperidine rings is 1. The molecule has 0 radical (unpaired) electrons. The van der Waals surface area contributed by atoms with Gasteiger partial charge in [-0.3, -0.25) is 4.79 Å². The standard InChI is InChI=1S/C14H16Cl2N2O3/c1-14(12(19)20)2-4-18(5-3-14)13(21)17-11-7-9(15)6-10(16)8-11/h6-8H,2-5H2,1H3,(H,17,21)(H,19,20). The molecule has 2 rings (SSSR count). The van der Waals surface area contributed by atoms with E-state index in [9.17, 15) is 14.7 Å². The number of anilines is 1. The molecule has 1 aromatic rings. The fourth-order valence-electron chi connectivity index (χ4n) is 2.25. The molecule has 0 saturated carbocycles. The van der Waals surface area contributed by atoms with Crippen LogP contribution in [0.25, 0.3) is 0 Å². The molecule has 21 heavy (non-hydrogen) atoms. The summed E-state index contributed by atoms with van der Waals surface area (Å²) in [5.41, 5.74) is -0.236. The van der Waals surface area contributed by atoms with Gasteiger partial charge in [-0.1, -0.05) is 23.2 Å². The van der Waals surface area contributed by atoms with Crippen molar-refractivity contribution in [2.75, 3.05) is 18.4 Å². The second kappa shape index (κ2) is 6.12. The largest absolute Gasteiger partial charge is 0.481 e. The number of likely N-dealkylation sites (tertiary alicyclic amines) is 1. The molecule has 114 valence electrons. The smallest absolute Gasteiger partial charge is 0.321 e. The molecule has 1 aliphatic rings. The molecule has 7 heteroatoms. The molecular formula is C14H16Cl2N2O3. The molecule has 0 spiro atoms. The molecule has 0 bridgehead atoms. The van der Waals surface area contributed by atoms with Gasteiger partial charge in [0.15, 0.2) is 0 Å². The normalized spacial score (nSPS) is 17.4. The van der Waals surface area contributed by atoms with Crippen LogP contribution in [0, 0.1) is 5.41 Å². The monoisotopic (exact) mass is 330 g/mol. The first-order valence-corrected chi connectivity index (χ1v) is 7.31. The Balaban J connectivity index is 1.98. The van der Waals surface area contributed by atoms with Crippen LogP contribution in [-0.4, -0.2) is 35.1 Å². The highest BCUT2D eigenvalue weighted by Gasteiger charge is 2.38. The Kier molecular flexibility index (Phi) is 4.64. The number of nitrogens with one attached hydrogen (secondary N) is 1. The molecule has 0 aromatic heterocycles. The van der Waals surface area contributed by atoms with E-state index < -0.39 is 11.4 Å². The van der Waals surface area contributed by atoms with Crippen molar-refractivity contribution in [2.24, 2.45) is 5.41 Å². The number of carbonyl (C=O) groups is 2. The van der Waals surface area contributed by atoms with Crippen molar-refractivity contribution >= 4 is 40.9 Å². The van der Waals surface area contributed by atoms with Gasteiger partial charge in [-0.15, -0.1) is 0 Å². The average Bonchev–Trinajstić information content (AvgIpc) is 2.37. The molecule has 1 fully saturated rings.